The molecular weight excluding hydrogens is 516 g/mol. The van der Waals surface area contributed by atoms with Gasteiger partial charge in [-0.3, -0.25) is 9.36 Å². The van der Waals surface area contributed by atoms with Gasteiger partial charge >= 0.3 is 5.56 Å². The number of allylic oxidation sites excluding steroid dienone is 2. The largest absolute Gasteiger partial charge is 0.394 e. The van der Waals surface area contributed by atoms with Crippen LogP contribution in [0, 0.1) is 29.1 Å². The van der Waals surface area contributed by atoms with Gasteiger partial charge < -0.3 is 30.9 Å². The summed E-state index contributed by atoms with van der Waals surface area (Å²) >= 11 is 0. The minimum absolute atomic E-state index is 0.0159. The minimum Gasteiger partial charge on any atom is -0.394 e. The third kappa shape index (κ3) is 3.76. The van der Waals surface area contributed by atoms with E-state index in [1.165, 1.54) is 16.5 Å². The molecule has 3 heterocycles. The van der Waals surface area contributed by atoms with E-state index >= 15 is 0 Å². The molecule has 40 heavy (non-hydrogen) atoms. The molecular formula is C28H38N6O6. The van der Waals surface area contributed by atoms with Crippen molar-refractivity contribution in [1.29, 1.82) is 0 Å². The monoisotopic (exact) mass is 554 g/mol. The number of fused-ring (bicyclic) bond motifs is 6. The SMILES string of the molecule is C[C@]12CC[C@H]3[C@@H](CCC4=C/C(=N/n5c(N)nc6c(ncn6[C@@H]6O[C@H](CO)[C@@H](O)[C@H]6O)c5=O)CC[C@@H]43)[C@@H]1CC[C@@H]2O. The van der Waals surface area contributed by atoms with E-state index in [-0.39, 0.29) is 28.6 Å². The van der Waals surface area contributed by atoms with Gasteiger partial charge in [-0.2, -0.15) is 14.8 Å². The smallest absolute Gasteiger partial charge is 0.303 e. The first-order valence-electron chi connectivity index (χ1n) is 14.5. The number of aromatic nitrogens is 4. The zero-order valence-corrected chi connectivity index (χ0v) is 22.6. The molecule has 4 fully saturated rings. The van der Waals surface area contributed by atoms with Crippen molar-refractivity contribution in [2.75, 3.05) is 12.3 Å². The summed E-state index contributed by atoms with van der Waals surface area (Å²) in [6, 6.07) is 0. The van der Waals surface area contributed by atoms with E-state index in [1.54, 1.807) is 0 Å². The van der Waals surface area contributed by atoms with Crippen LogP contribution in [0.15, 0.2) is 27.9 Å². The summed E-state index contributed by atoms with van der Waals surface area (Å²) in [5, 5.41) is 45.3. The van der Waals surface area contributed by atoms with Crippen LogP contribution in [0.25, 0.3) is 11.2 Å². The molecule has 7 rings (SSSR count). The Labute approximate surface area is 231 Å². The number of aliphatic hydroxyl groups excluding tert-OH is 4. The summed E-state index contributed by atoms with van der Waals surface area (Å²) in [5.41, 5.74) is 8.07. The van der Waals surface area contributed by atoms with Crippen molar-refractivity contribution in [2.45, 2.75) is 88.9 Å². The van der Waals surface area contributed by atoms with Crippen molar-refractivity contribution in [1.82, 2.24) is 19.2 Å². The van der Waals surface area contributed by atoms with Crippen LogP contribution in [0.4, 0.5) is 5.95 Å². The third-order valence-electron chi connectivity index (χ3n) is 10.9. The summed E-state index contributed by atoms with van der Waals surface area (Å²) in [6.45, 7) is 1.83. The molecule has 2 aromatic rings. The van der Waals surface area contributed by atoms with Crippen LogP contribution in [0.2, 0.25) is 0 Å². The van der Waals surface area contributed by atoms with Gasteiger partial charge in [0, 0.05) is 0 Å². The van der Waals surface area contributed by atoms with Gasteiger partial charge in [-0.05, 0) is 86.5 Å². The molecule has 12 nitrogen and oxygen atoms in total. The standard InChI is InChI=1S/C28H38N6O6/c1-28-9-8-16-15-5-3-14(10-13(15)2-4-17(16)18(28)6-7-20(28)36)32-34-25(39)21-24(31-27(34)29)33(12-30-21)26-23(38)22(37)19(11-35)40-26/h10,12,15-20,22-23,26,35-38H,2-9,11H2,1H3,(H2,29,31)/b32-14+/t15-,16+,17+,18-,19+,20-,22+,23+,26+,28-/m0/s1. The van der Waals surface area contributed by atoms with Gasteiger partial charge in [-0.25, -0.2) is 4.98 Å². The Hall–Kier alpha value is -2.64. The molecule has 0 unspecified atom stereocenters. The van der Waals surface area contributed by atoms with Crippen molar-refractivity contribution in [3.8, 4) is 0 Å². The second-order valence-electron chi connectivity index (χ2n) is 12.7. The van der Waals surface area contributed by atoms with Crippen LogP contribution >= 0.6 is 0 Å². The second-order valence-corrected chi connectivity index (χ2v) is 12.7. The maximum atomic E-state index is 13.4. The first-order chi connectivity index (χ1) is 19.2. The second kappa shape index (κ2) is 9.45. The van der Waals surface area contributed by atoms with Gasteiger partial charge in [0.2, 0.25) is 5.95 Å². The van der Waals surface area contributed by atoms with E-state index in [1.807, 2.05) is 0 Å². The quantitative estimate of drug-likeness (QED) is 0.369. The van der Waals surface area contributed by atoms with Crippen LogP contribution in [-0.4, -0.2) is 76.4 Å². The highest BCUT2D eigenvalue weighted by molar-refractivity contribution is 5.96. The number of nitrogens with zero attached hydrogens (tertiary/aromatic N) is 5. The van der Waals surface area contributed by atoms with Gasteiger partial charge in [-0.1, -0.05) is 12.5 Å². The average molecular weight is 555 g/mol. The van der Waals surface area contributed by atoms with Gasteiger partial charge in [0.15, 0.2) is 17.4 Å². The van der Waals surface area contributed by atoms with Crippen molar-refractivity contribution < 1.29 is 25.2 Å². The molecule has 0 aromatic carbocycles. The lowest BCUT2D eigenvalue weighted by Gasteiger charge is -2.53. The number of rotatable bonds is 3. The fourth-order valence-corrected chi connectivity index (χ4v) is 8.74. The molecule has 0 amide bonds. The molecule has 216 valence electrons. The Bertz CT molecular complexity index is 1450. The number of imidazole rings is 1. The van der Waals surface area contributed by atoms with Crippen LogP contribution in [-0.2, 0) is 4.74 Å². The summed E-state index contributed by atoms with van der Waals surface area (Å²) in [4.78, 5) is 21.9. The number of ether oxygens (including phenoxy) is 1. The molecule has 2 aromatic heterocycles. The van der Waals surface area contributed by atoms with Crippen molar-refractivity contribution in [3.05, 3.63) is 28.3 Å². The molecule has 12 heteroatoms. The third-order valence-corrected chi connectivity index (χ3v) is 10.9. The van der Waals surface area contributed by atoms with E-state index < -0.39 is 36.7 Å². The number of nitrogens with two attached hydrogens (primary N) is 1. The minimum atomic E-state index is -1.34. The summed E-state index contributed by atoms with van der Waals surface area (Å²) in [7, 11) is 0. The summed E-state index contributed by atoms with van der Waals surface area (Å²) in [5.74, 6) is 2.35. The highest BCUT2D eigenvalue weighted by Gasteiger charge is 2.55. The topological polar surface area (TPSA) is 181 Å². The maximum absolute atomic E-state index is 13.4. The van der Waals surface area contributed by atoms with Crippen LogP contribution in [0.3, 0.4) is 0 Å². The molecule has 0 spiro atoms. The number of aliphatic hydroxyl groups is 4. The molecule has 0 bridgehead atoms. The summed E-state index contributed by atoms with van der Waals surface area (Å²) < 4.78 is 8.01. The van der Waals surface area contributed by atoms with E-state index in [4.69, 9.17) is 10.5 Å². The molecule has 5 aliphatic rings. The average Bonchev–Trinajstić information content (AvgIpc) is 3.59. The van der Waals surface area contributed by atoms with Crippen molar-refractivity contribution >= 4 is 22.8 Å². The van der Waals surface area contributed by atoms with E-state index in [2.05, 4.69) is 28.1 Å². The maximum Gasteiger partial charge on any atom is 0.303 e. The highest BCUT2D eigenvalue weighted by Crippen LogP contribution is 2.61. The lowest BCUT2D eigenvalue weighted by molar-refractivity contribution is -0.0525. The first-order valence-corrected chi connectivity index (χ1v) is 14.5. The predicted molar refractivity (Wildman–Crippen MR) is 145 cm³/mol. The Kier molecular flexibility index (Phi) is 6.21. The van der Waals surface area contributed by atoms with Gasteiger partial charge in [0.1, 0.15) is 18.3 Å². The Morgan fingerprint density at radius 1 is 1.12 bits per heavy atom. The van der Waals surface area contributed by atoms with Crippen LogP contribution in [0.1, 0.15) is 64.5 Å². The van der Waals surface area contributed by atoms with Crippen LogP contribution < -0.4 is 11.3 Å². The first kappa shape index (κ1) is 26.3. The Morgan fingerprint density at radius 2 is 1.95 bits per heavy atom. The van der Waals surface area contributed by atoms with E-state index in [0.717, 1.165) is 61.8 Å². The number of anilines is 1. The van der Waals surface area contributed by atoms with Crippen molar-refractivity contribution in [2.24, 2.45) is 34.2 Å². The molecule has 10 atom stereocenters. The molecule has 3 saturated carbocycles. The summed E-state index contributed by atoms with van der Waals surface area (Å²) in [6.07, 6.45) is 6.82. The Morgan fingerprint density at radius 3 is 2.73 bits per heavy atom. The van der Waals surface area contributed by atoms with Crippen LogP contribution in [0.5, 0.6) is 0 Å². The fraction of sp³-hybridized carbons (Fsp3) is 0.714. The highest BCUT2D eigenvalue weighted by atomic mass is 16.6. The van der Waals surface area contributed by atoms with E-state index in [9.17, 15) is 25.2 Å². The van der Waals surface area contributed by atoms with Gasteiger partial charge in [0.05, 0.1) is 24.7 Å². The predicted octanol–water partition coefficient (Wildman–Crippen LogP) is 0.924. The lowest BCUT2D eigenvalue weighted by atomic mass is 9.52. The Balaban J connectivity index is 1.16. The van der Waals surface area contributed by atoms with Gasteiger partial charge in [0.25, 0.3) is 0 Å². The van der Waals surface area contributed by atoms with Crippen molar-refractivity contribution in [3.63, 3.8) is 0 Å². The molecule has 4 aliphatic carbocycles. The zero-order valence-electron chi connectivity index (χ0n) is 22.6. The number of hydrogen-bond acceptors (Lipinski definition) is 10. The molecule has 1 aliphatic heterocycles. The molecule has 1 saturated heterocycles. The van der Waals surface area contributed by atoms with E-state index in [0.29, 0.717) is 23.7 Å². The zero-order chi connectivity index (χ0) is 27.9. The molecule has 6 N–H and O–H groups in total. The van der Waals surface area contributed by atoms with Gasteiger partial charge in [-0.15, -0.1) is 0 Å². The fourth-order valence-electron chi connectivity index (χ4n) is 8.74. The lowest BCUT2D eigenvalue weighted by Crippen LogP contribution is -2.47. The number of nitrogen functional groups attached to an aromatic ring is 1. The normalized spacial score (nSPS) is 42.1. The number of hydrogen-bond donors (Lipinski definition) is 5. The molecule has 0 radical (unpaired) electrons.